The molecule has 1 saturated heterocycles. The van der Waals surface area contributed by atoms with E-state index >= 15 is 0 Å². The average molecular weight is 169 g/mol. The number of hydrogen-bond donors (Lipinski definition) is 1. The first-order valence-electron chi connectivity index (χ1n) is 4.38. The lowest BCUT2D eigenvalue weighted by Gasteiger charge is -2.20. The van der Waals surface area contributed by atoms with Crippen LogP contribution in [0.25, 0.3) is 0 Å². The molecule has 0 saturated carbocycles. The van der Waals surface area contributed by atoms with E-state index in [4.69, 9.17) is 10.00 Å². The molecule has 0 spiro atoms. The molecule has 1 heterocycles. The Morgan fingerprint density at radius 2 is 2.17 bits per heavy atom. The molecule has 1 fully saturated rings. The van der Waals surface area contributed by atoms with Crippen molar-refractivity contribution in [2.45, 2.75) is 45.0 Å². The molecular weight excluding hydrogens is 154 g/mol. The summed E-state index contributed by atoms with van der Waals surface area (Å²) in [5.74, 6) is 0.201. The second-order valence-electron chi connectivity index (χ2n) is 3.60. The molecule has 1 rings (SSSR count). The SMILES string of the molecule is CC(C)[C@@H](O)[C@@H]1CC[C@@H](C#N)O1. The number of nitriles is 1. The topological polar surface area (TPSA) is 53.2 Å². The molecule has 68 valence electrons. The van der Waals surface area contributed by atoms with Gasteiger partial charge in [0, 0.05) is 0 Å². The predicted octanol–water partition coefficient (Wildman–Crippen LogP) is 1.07. The third-order valence-electron chi connectivity index (χ3n) is 2.26. The van der Waals surface area contributed by atoms with Gasteiger partial charge in [0.1, 0.15) is 6.10 Å². The molecule has 3 heteroatoms. The van der Waals surface area contributed by atoms with Crippen molar-refractivity contribution in [3.63, 3.8) is 0 Å². The number of hydrogen-bond acceptors (Lipinski definition) is 3. The molecule has 1 N–H and O–H groups in total. The smallest absolute Gasteiger partial charge is 0.144 e. The molecule has 0 aromatic rings. The maximum Gasteiger partial charge on any atom is 0.144 e. The molecule has 0 amide bonds. The number of aliphatic hydroxyl groups excluding tert-OH is 1. The van der Waals surface area contributed by atoms with Crippen LogP contribution in [0.3, 0.4) is 0 Å². The average Bonchev–Trinajstić information content (AvgIpc) is 2.50. The maximum atomic E-state index is 9.61. The number of nitrogens with zero attached hydrogens (tertiary/aromatic N) is 1. The van der Waals surface area contributed by atoms with Gasteiger partial charge in [-0.05, 0) is 18.8 Å². The van der Waals surface area contributed by atoms with Crippen molar-refractivity contribution >= 4 is 0 Å². The zero-order valence-corrected chi connectivity index (χ0v) is 7.53. The maximum absolute atomic E-state index is 9.61. The van der Waals surface area contributed by atoms with Gasteiger partial charge in [0.05, 0.1) is 18.3 Å². The van der Waals surface area contributed by atoms with Crippen LogP contribution in [0.4, 0.5) is 0 Å². The monoisotopic (exact) mass is 169 g/mol. The van der Waals surface area contributed by atoms with E-state index in [0.717, 1.165) is 12.8 Å². The van der Waals surface area contributed by atoms with Crippen LogP contribution < -0.4 is 0 Å². The van der Waals surface area contributed by atoms with Crippen molar-refractivity contribution in [3.05, 3.63) is 0 Å². The summed E-state index contributed by atoms with van der Waals surface area (Å²) in [6, 6.07) is 2.05. The minimum Gasteiger partial charge on any atom is -0.390 e. The standard InChI is InChI=1S/C9H15NO2/c1-6(2)9(11)8-4-3-7(5-10)12-8/h6-9,11H,3-4H2,1-2H3/t7-,8-,9+/m0/s1. The largest absolute Gasteiger partial charge is 0.390 e. The van der Waals surface area contributed by atoms with Crippen LogP contribution in [-0.2, 0) is 4.74 Å². The Hall–Kier alpha value is -0.590. The third kappa shape index (κ3) is 1.96. The van der Waals surface area contributed by atoms with E-state index in [1.165, 1.54) is 0 Å². The summed E-state index contributed by atoms with van der Waals surface area (Å²) in [6.45, 7) is 3.90. The number of ether oxygens (including phenoxy) is 1. The van der Waals surface area contributed by atoms with Crippen molar-refractivity contribution in [1.29, 1.82) is 5.26 Å². The van der Waals surface area contributed by atoms with Crippen LogP contribution in [0.1, 0.15) is 26.7 Å². The summed E-state index contributed by atoms with van der Waals surface area (Å²) in [5.41, 5.74) is 0. The quantitative estimate of drug-likeness (QED) is 0.672. The highest BCUT2D eigenvalue weighted by atomic mass is 16.5. The minimum atomic E-state index is -0.427. The van der Waals surface area contributed by atoms with Crippen LogP contribution in [-0.4, -0.2) is 23.4 Å². The normalized spacial score (nSPS) is 31.9. The van der Waals surface area contributed by atoms with Gasteiger partial charge in [-0.2, -0.15) is 5.26 Å². The summed E-state index contributed by atoms with van der Waals surface area (Å²) < 4.78 is 5.32. The Bertz CT molecular complexity index is 185. The van der Waals surface area contributed by atoms with E-state index in [2.05, 4.69) is 6.07 Å². The summed E-state index contributed by atoms with van der Waals surface area (Å²) in [4.78, 5) is 0. The molecule has 0 radical (unpaired) electrons. The lowest BCUT2D eigenvalue weighted by atomic mass is 10.00. The van der Waals surface area contributed by atoms with Crippen LogP contribution in [0, 0.1) is 17.2 Å². The van der Waals surface area contributed by atoms with Gasteiger partial charge in [0.15, 0.2) is 0 Å². The lowest BCUT2D eigenvalue weighted by molar-refractivity contribution is -0.0386. The second kappa shape index (κ2) is 3.88. The Morgan fingerprint density at radius 1 is 1.50 bits per heavy atom. The van der Waals surface area contributed by atoms with Crippen molar-refractivity contribution in [1.82, 2.24) is 0 Å². The number of aliphatic hydroxyl groups is 1. The lowest BCUT2D eigenvalue weighted by Crippen LogP contribution is -2.30. The van der Waals surface area contributed by atoms with Crippen LogP contribution in [0.5, 0.6) is 0 Å². The van der Waals surface area contributed by atoms with Gasteiger partial charge in [-0.15, -0.1) is 0 Å². The molecule has 3 nitrogen and oxygen atoms in total. The van der Waals surface area contributed by atoms with E-state index in [-0.39, 0.29) is 18.1 Å². The molecule has 3 atom stereocenters. The first-order valence-corrected chi connectivity index (χ1v) is 4.38. The van der Waals surface area contributed by atoms with Crippen molar-refractivity contribution in [2.24, 2.45) is 5.92 Å². The highest BCUT2D eigenvalue weighted by Gasteiger charge is 2.31. The molecule has 0 aromatic carbocycles. The Balaban J connectivity index is 2.42. The molecule has 0 aromatic heterocycles. The van der Waals surface area contributed by atoms with Crippen LogP contribution >= 0.6 is 0 Å². The van der Waals surface area contributed by atoms with Crippen LogP contribution in [0.2, 0.25) is 0 Å². The van der Waals surface area contributed by atoms with E-state index in [0.29, 0.717) is 0 Å². The Kier molecular flexibility index (Phi) is 3.07. The zero-order valence-electron chi connectivity index (χ0n) is 7.53. The Labute approximate surface area is 73.0 Å². The fourth-order valence-electron chi connectivity index (χ4n) is 1.44. The first kappa shape index (κ1) is 9.50. The number of rotatable bonds is 2. The highest BCUT2D eigenvalue weighted by molar-refractivity contribution is 4.92. The Morgan fingerprint density at radius 3 is 2.58 bits per heavy atom. The van der Waals surface area contributed by atoms with E-state index in [1.807, 2.05) is 13.8 Å². The van der Waals surface area contributed by atoms with Crippen molar-refractivity contribution in [2.75, 3.05) is 0 Å². The minimum absolute atomic E-state index is 0.130. The third-order valence-corrected chi connectivity index (χ3v) is 2.26. The van der Waals surface area contributed by atoms with Gasteiger partial charge in [0.25, 0.3) is 0 Å². The fourth-order valence-corrected chi connectivity index (χ4v) is 1.44. The van der Waals surface area contributed by atoms with E-state index < -0.39 is 6.10 Å². The molecule has 1 aliphatic heterocycles. The molecular formula is C9H15NO2. The van der Waals surface area contributed by atoms with Crippen LogP contribution in [0.15, 0.2) is 0 Å². The first-order chi connectivity index (χ1) is 5.65. The van der Waals surface area contributed by atoms with Crippen molar-refractivity contribution < 1.29 is 9.84 Å². The van der Waals surface area contributed by atoms with Gasteiger partial charge in [-0.25, -0.2) is 0 Å². The highest BCUT2D eigenvalue weighted by Crippen LogP contribution is 2.24. The van der Waals surface area contributed by atoms with Gasteiger partial charge in [-0.3, -0.25) is 0 Å². The molecule has 0 bridgehead atoms. The zero-order chi connectivity index (χ0) is 9.14. The summed E-state index contributed by atoms with van der Waals surface area (Å²) in [7, 11) is 0. The second-order valence-corrected chi connectivity index (χ2v) is 3.60. The van der Waals surface area contributed by atoms with Gasteiger partial charge in [0.2, 0.25) is 0 Å². The van der Waals surface area contributed by atoms with E-state index in [1.54, 1.807) is 0 Å². The van der Waals surface area contributed by atoms with E-state index in [9.17, 15) is 5.11 Å². The van der Waals surface area contributed by atoms with Crippen molar-refractivity contribution in [3.8, 4) is 6.07 Å². The fraction of sp³-hybridized carbons (Fsp3) is 0.889. The van der Waals surface area contributed by atoms with Gasteiger partial charge >= 0.3 is 0 Å². The molecule has 0 aliphatic carbocycles. The summed E-state index contributed by atoms with van der Waals surface area (Å²) in [5, 5.41) is 18.2. The molecule has 12 heavy (non-hydrogen) atoms. The van der Waals surface area contributed by atoms with Gasteiger partial charge in [-0.1, -0.05) is 13.8 Å². The molecule has 1 aliphatic rings. The molecule has 0 unspecified atom stereocenters. The summed E-state index contributed by atoms with van der Waals surface area (Å²) >= 11 is 0. The summed E-state index contributed by atoms with van der Waals surface area (Å²) in [6.07, 6.45) is 0.698. The van der Waals surface area contributed by atoms with Gasteiger partial charge < -0.3 is 9.84 Å². The predicted molar refractivity (Wildman–Crippen MR) is 44.4 cm³/mol.